The maximum Gasteiger partial charge on any atom is 0.287 e. The van der Waals surface area contributed by atoms with Crippen molar-refractivity contribution in [1.29, 1.82) is 0 Å². The second kappa shape index (κ2) is 4.91. The number of pyridine rings is 1. The Labute approximate surface area is 100 Å². The van der Waals surface area contributed by atoms with Gasteiger partial charge in [0.25, 0.3) is 10.9 Å². The lowest BCUT2D eigenvalue weighted by Gasteiger charge is -1.94. The summed E-state index contributed by atoms with van der Waals surface area (Å²) < 4.78 is 5.28. The smallest absolute Gasteiger partial charge is 0.287 e. The van der Waals surface area contributed by atoms with Gasteiger partial charge in [0, 0.05) is 12.5 Å². The number of nitrogens with zero attached hydrogens (tertiary/aromatic N) is 4. The van der Waals surface area contributed by atoms with Gasteiger partial charge in [-0.05, 0) is 17.8 Å². The van der Waals surface area contributed by atoms with E-state index in [-0.39, 0.29) is 5.69 Å². The van der Waals surface area contributed by atoms with Gasteiger partial charge in [-0.15, -0.1) is 10.2 Å². The molecular formula is C9H8N4O3S. The first kappa shape index (κ1) is 11.5. The summed E-state index contributed by atoms with van der Waals surface area (Å²) in [6, 6.07) is 2.92. The third-order valence-electron chi connectivity index (χ3n) is 1.87. The van der Waals surface area contributed by atoms with Crippen molar-refractivity contribution in [3.8, 4) is 0 Å². The van der Waals surface area contributed by atoms with Crippen LogP contribution in [-0.2, 0) is 6.42 Å². The molecule has 0 atom stereocenters. The highest BCUT2D eigenvalue weighted by molar-refractivity contribution is 7.99. The molecule has 2 heterocycles. The van der Waals surface area contributed by atoms with Crippen LogP contribution in [0.2, 0.25) is 0 Å². The van der Waals surface area contributed by atoms with Crippen LogP contribution in [0, 0.1) is 10.1 Å². The number of nitro groups is 1. The summed E-state index contributed by atoms with van der Waals surface area (Å²) in [4.78, 5) is 13.9. The zero-order valence-electron chi connectivity index (χ0n) is 8.86. The second-order valence-corrected chi connectivity index (χ2v) is 4.00. The summed E-state index contributed by atoms with van der Waals surface area (Å²) in [5.74, 6) is 0.550. The SMILES string of the molecule is CCc1nnc(Sc2ccc([N+](=O)[O-])cn2)o1. The Morgan fingerprint density at radius 2 is 2.29 bits per heavy atom. The third kappa shape index (κ3) is 2.78. The molecule has 0 bridgehead atoms. The van der Waals surface area contributed by atoms with Gasteiger partial charge in [-0.1, -0.05) is 6.92 Å². The third-order valence-corrected chi connectivity index (χ3v) is 2.66. The predicted molar refractivity (Wildman–Crippen MR) is 58.7 cm³/mol. The molecule has 0 fully saturated rings. The molecule has 0 saturated carbocycles. The van der Waals surface area contributed by atoms with E-state index in [1.54, 1.807) is 6.07 Å². The molecule has 17 heavy (non-hydrogen) atoms. The van der Waals surface area contributed by atoms with E-state index < -0.39 is 4.92 Å². The standard InChI is InChI=1S/C9H8N4O3S/c1-2-7-11-12-9(16-7)17-8-4-3-6(5-10-8)13(14)15/h3-5H,2H2,1H3. The minimum Gasteiger partial charge on any atom is -0.416 e. The number of hydrogen-bond acceptors (Lipinski definition) is 7. The molecular weight excluding hydrogens is 244 g/mol. The highest BCUT2D eigenvalue weighted by Crippen LogP contribution is 2.25. The van der Waals surface area contributed by atoms with Crippen LogP contribution in [0.15, 0.2) is 33.0 Å². The molecule has 0 aliphatic rings. The molecule has 88 valence electrons. The molecule has 2 rings (SSSR count). The summed E-state index contributed by atoms with van der Waals surface area (Å²) >= 11 is 1.17. The van der Waals surface area contributed by atoms with Crippen LogP contribution in [0.1, 0.15) is 12.8 Å². The van der Waals surface area contributed by atoms with Gasteiger partial charge in [-0.3, -0.25) is 10.1 Å². The monoisotopic (exact) mass is 252 g/mol. The van der Waals surface area contributed by atoms with Gasteiger partial charge in [0.1, 0.15) is 11.2 Å². The zero-order chi connectivity index (χ0) is 12.3. The lowest BCUT2D eigenvalue weighted by atomic mass is 10.4. The van der Waals surface area contributed by atoms with E-state index in [0.717, 1.165) is 0 Å². The Bertz CT molecular complexity index is 525. The fourth-order valence-electron chi connectivity index (χ4n) is 1.05. The fourth-order valence-corrected chi connectivity index (χ4v) is 1.69. The van der Waals surface area contributed by atoms with Crippen molar-refractivity contribution in [1.82, 2.24) is 15.2 Å². The van der Waals surface area contributed by atoms with E-state index in [9.17, 15) is 10.1 Å². The average Bonchev–Trinajstić information content (AvgIpc) is 2.77. The van der Waals surface area contributed by atoms with Crippen molar-refractivity contribution in [2.24, 2.45) is 0 Å². The van der Waals surface area contributed by atoms with Gasteiger partial charge in [0.2, 0.25) is 5.89 Å². The lowest BCUT2D eigenvalue weighted by molar-refractivity contribution is -0.385. The van der Waals surface area contributed by atoms with E-state index in [1.807, 2.05) is 6.92 Å². The Kier molecular flexibility index (Phi) is 3.33. The first-order chi connectivity index (χ1) is 8.19. The van der Waals surface area contributed by atoms with Crippen LogP contribution in [-0.4, -0.2) is 20.1 Å². The minimum absolute atomic E-state index is 0.0471. The lowest BCUT2D eigenvalue weighted by Crippen LogP contribution is -1.89. The summed E-state index contributed by atoms with van der Waals surface area (Å²) in [7, 11) is 0. The van der Waals surface area contributed by atoms with Gasteiger partial charge in [0.05, 0.1) is 4.92 Å². The molecule has 0 aromatic carbocycles. The first-order valence-electron chi connectivity index (χ1n) is 4.79. The second-order valence-electron chi connectivity index (χ2n) is 3.03. The van der Waals surface area contributed by atoms with Crippen molar-refractivity contribution in [3.63, 3.8) is 0 Å². The number of hydrogen-bond donors (Lipinski definition) is 0. The van der Waals surface area contributed by atoms with Gasteiger partial charge in [-0.25, -0.2) is 4.98 Å². The van der Waals surface area contributed by atoms with E-state index in [0.29, 0.717) is 22.6 Å². The molecule has 8 heteroatoms. The van der Waals surface area contributed by atoms with Crippen LogP contribution in [0.5, 0.6) is 0 Å². The fraction of sp³-hybridized carbons (Fsp3) is 0.222. The van der Waals surface area contributed by atoms with Crippen LogP contribution in [0.3, 0.4) is 0 Å². The van der Waals surface area contributed by atoms with E-state index in [4.69, 9.17) is 4.42 Å². The number of aryl methyl sites for hydroxylation is 1. The summed E-state index contributed by atoms with van der Waals surface area (Å²) in [5.41, 5.74) is -0.0471. The quantitative estimate of drug-likeness (QED) is 0.607. The topological polar surface area (TPSA) is 95.0 Å². The maximum atomic E-state index is 10.4. The Hall–Kier alpha value is -1.96. The number of rotatable bonds is 4. The van der Waals surface area contributed by atoms with Gasteiger partial charge >= 0.3 is 0 Å². The van der Waals surface area contributed by atoms with Crippen molar-refractivity contribution >= 4 is 17.4 Å². The molecule has 0 unspecified atom stereocenters. The molecule has 2 aromatic heterocycles. The zero-order valence-corrected chi connectivity index (χ0v) is 9.68. The Morgan fingerprint density at radius 1 is 1.47 bits per heavy atom. The van der Waals surface area contributed by atoms with Crippen molar-refractivity contribution in [2.75, 3.05) is 0 Å². The highest BCUT2D eigenvalue weighted by atomic mass is 32.2. The average molecular weight is 252 g/mol. The number of aromatic nitrogens is 3. The summed E-state index contributed by atoms with van der Waals surface area (Å²) in [6.45, 7) is 1.91. The summed E-state index contributed by atoms with van der Waals surface area (Å²) in [5, 5.41) is 19.0. The molecule has 0 saturated heterocycles. The minimum atomic E-state index is -0.497. The molecule has 0 aliphatic carbocycles. The van der Waals surface area contributed by atoms with E-state index in [2.05, 4.69) is 15.2 Å². The van der Waals surface area contributed by atoms with Crippen LogP contribution in [0.25, 0.3) is 0 Å². The highest BCUT2D eigenvalue weighted by Gasteiger charge is 2.09. The summed E-state index contributed by atoms with van der Waals surface area (Å²) in [6.07, 6.45) is 1.86. The molecule has 0 N–H and O–H groups in total. The molecule has 0 spiro atoms. The van der Waals surface area contributed by atoms with E-state index >= 15 is 0 Å². The predicted octanol–water partition coefficient (Wildman–Crippen LogP) is 2.09. The van der Waals surface area contributed by atoms with Crippen LogP contribution >= 0.6 is 11.8 Å². The van der Waals surface area contributed by atoms with Crippen molar-refractivity contribution < 1.29 is 9.34 Å². The van der Waals surface area contributed by atoms with E-state index in [1.165, 1.54) is 24.0 Å². The molecule has 0 aliphatic heterocycles. The van der Waals surface area contributed by atoms with Crippen molar-refractivity contribution in [3.05, 3.63) is 34.3 Å². The molecule has 2 aromatic rings. The Morgan fingerprint density at radius 3 is 2.82 bits per heavy atom. The molecule has 0 amide bonds. The normalized spacial score (nSPS) is 10.4. The van der Waals surface area contributed by atoms with Crippen LogP contribution in [0.4, 0.5) is 5.69 Å². The van der Waals surface area contributed by atoms with Crippen molar-refractivity contribution in [2.45, 2.75) is 23.6 Å². The molecule has 0 radical (unpaired) electrons. The van der Waals surface area contributed by atoms with Gasteiger partial charge in [-0.2, -0.15) is 0 Å². The maximum absolute atomic E-state index is 10.4. The van der Waals surface area contributed by atoms with Gasteiger partial charge < -0.3 is 4.42 Å². The molecule has 7 nitrogen and oxygen atoms in total. The largest absolute Gasteiger partial charge is 0.416 e. The van der Waals surface area contributed by atoms with Gasteiger partial charge in [0.15, 0.2) is 0 Å². The first-order valence-corrected chi connectivity index (χ1v) is 5.61. The van der Waals surface area contributed by atoms with Crippen LogP contribution < -0.4 is 0 Å². The Balaban J connectivity index is 2.10.